The number of aromatic nitrogens is 2. The van der Waals surface area contributed by atoms with Gasteiger partial charge in [0, 0.05) is 6.20 Å². The molecule has 1 N–H and O–H groups in total. The van der Waals surface area contributed by atoms with E-state index >= 15 is 0 Å². The molecule has 0 aliphatic carbocycles. The Bertz CT molecular complexity index is 857. The highest BCUT2D eigenvalue weighted by Gasteiger charge is 2.12. The number of aryl methyl sites for hydroxylation is 1. The minimum absolute atomic E-state index is 0.225. The Morgan fingerprint density at radius 1 is 1.23 bits per heavy atom. The first-order valence-corrected chi connectivity index (χ1v) is 6.12. The van der Waals surface area contributed by atoms with Crippen molar-refractivity contribution < 1.29 is 4.39 Å². The smallest absolute Gasteiger partial charge is 0.163 e. The van der Waals surface area contributed by atoms with Gasteiger partial charge >= 0.3 is 0 Å². The minimum atomic E-state index is -0.525. The van der Waals surface area contributed by atoms with E-state index in [9.17, 15) is 4.39 Å². The maximum Gasteiger partial charge on any atom is 0.163 e. The number of nitrogens with one attached hydrogen (secondary N) is 1. The van der Waals surface area contributed by atoms with Crippen LogP contribution in [0.15, 0.2) is 41.9 Å². The number of anilines is 1. The standard InChI is InChI=1S/C15H9FN6/c1-10-8-20-22(9-10)15-3-2-12(16)4-13(15)21-14(7-19)11(5-17)6-18/h2-4,8-9,21H,1H3. The highest BCUT2D eigenvalue weighted by Crippen LogP contribution is 2.23. The lowest BCUT2D eigenvalue weighted by Gasteiger charge is -2.11. The summed E-state index contributed by atoms with van der Waals surface area (Å²) in [6.07, 6.45) is 3.36. The number of hydrogen-bond acceptors (Lipinski definition) is 5. The van der Waals surface area contributed by atoms with E-state index in [1.807, 2.05) is 6.92 Å². The SMILES string of the molecule is Cc1cnn(-c2ccc(F)cc2NC(C#N)=C(C#N)C#N)c1. The summed E-state index contributed by atoms with van der Waals surface area (Å²) in [6, 6.07) is 8.86. The first-order valence-electron chi connectivity index (χ1n) is 6.12. The molecular weight excluding hydrogens is 283 g/mol. The summed E-state index contributed by atoms with van der Waals surface area (Å²) in [6.45, 7) is 1.85. The average molecular weight is 292 g/mol. The number of halogens is 1. The van der Waals surface area contributed by atoms with Crippen molar-refractivity contribution in [2.45, 2.75) is 6.92 Å². The largest absolute Gasteiger partial charge is 0.343 e. The Balaban J connectivity index is 2.55. The van der Waals surface area contributed by atoms with Crippen LogP contribution in [0, 0.1) is 46.7 Å². The molecule has 1 aromatic heterocycles. The van der Waals surface area contributed by atoms with E-state index in [2.05, 4.69) is 10.4 Å². The number of rotatable bonds is 3. The van der Waals surface area contributed by atoms with Gasteiger partial charge in [0.25, 0.3) is 0 Å². The van der Waals surface area contributed by atoms with Crippen molar-refractivity contribution in [2.75, 3.05) is 5.32 Å². The summed E-state index contributed by atoms with van der Waals surface area (Å²) in [5, 5.41) is 33.5. The molecule has 0 amide bonds. The third kappa shape index (κ3) is 2.92. The lowest BCUT2D eigenvalue weighted by atomic mass is 10.2. The molecule has 1 heterocycles. The fourth-order valence-electron chi connectivity index (χ4n) is 1.77. The van der Waals surface area contributed by atoms with E-state index in [0.29, 0.717) is 5.69 Å². The van der Waals surface area contributed by atoms with E-state index in [4.69, 9.17) is 15.8 Å². The average Bonchev–Trinajstić information content (AvgIpc) is 2.93. The number of allylic oxidation sites excluding steroid dienone is 2. The first kappa shape index (κ1) is 14.8. The third-order valence-electron chi connectivity index (χ3n) is 2.76. The zero-order valence-electron chi connectivity index (χ0n) is 11.5. The molecule has 7 heteroatoms. The molecule has 0 aliphatic rings. The Kier molecular flexibility index (Phi) is 4.17. The predicted molar refractivity (Wildman–Crippen MR) is 75.7 cm³/mol. The molecule has 0 saturated heterocycles. The molecule has 6 nitrogen and oxygen atoms in total. The van der Waals surface area contributed by atoms with E-state index in [1.54, 1.807) is 30.6 Å². The van der Waals surface area contributed by atoms with Crippen molar-refractivity contribution in [3.63, 3.8) is 0 Å². The Morgan fingerprint density at radius 2 is 1.95 bits per heavy atom. The van der Waals surface area contributed by atoms with Crippen molar-refractivity contribution >= 4 is 5.69 Å². The molecule has 0 bridgehead atoms. The summed E-state index contributed by atoms with van der Waals surface area (Å²) in [7, 11) is 0. The van der Waals surface area contributed by atoms with Gasteiger partial charge in [-0.1, -0.05) is 0 Å². The van der Waals surface area contributed by atoms with E-state index < -0.39 is 5.82 Å². The van der Waals surface area contributed by atoms with Gasteiger partial charge in [0.2, 0.25) is 0 Å². The summed E-state index contributed by atoms with van der Waals surface area (Å²) < 4.78 is 15.0. The van der Waals surface area contributed by atoms with Crippen molar-refractivity contribution in [1.82, 2.24) is 9.78 Å². The van der Waals surface area contributed by atoms with Crippen LogP contribution in [0.2, 0.25) is 0 Å². The number of nitrogens with zero attached hydrogens (tertiary/aromatic N) is 5. The summed E-state index contributed by atoms with van der Waals surface area (Å²) in [5.74, 6) is -0.525. The van der Waals surface area contributed by atoms with Gasteiger partial charge < -0.3 is 5.32 Å². The van der Waals surface area contributed by atoms with E-state index in [-0.39, 0.29) is 17.0 Å². The fraction of sp³-hybridized carbons (Fsp3) is 0.0667. The van der Waals surface area contributed by atoms with Gasteiger partial charge in [-0.15, -0.1) is 0 Å². The number of benzene rings is 1. The molecule has 0 atom stereocenters. The molecular formula is C15H9FN6. The molecule has 2 aromatic rings. The number of nitriles is 3. The molecule has 0 radical (unpaired) electrons. The summed E-state index contributed by atoms with van der Waals surface area (Å²) >= 11 is 0. The molecule has 0 aliphatic heterocycles. The monoisotopic (exact) mass is 292 g/mol. The van der Waals surface area contributed by atoms with Crippen molar-refractivity contribution in [3.8, 4) is 23.9 Å². The van der Waals surface area contributed by atoms with Gasteiger partial charge in [0.1, 0.15) is 29.7 Å². The molecule has 22 heavy (non-hydrogen) atoms. The van der Waals surface area contributed by atoms with Crippen LogP contribution in [0.4, 0.5) is 10.1 Å². The van der Waals surface area contributed by atoms with Crippen LogP contribution in [0.1, 0.15) is 5.56 Å². The molecule has 106 valence electrons. The van der Waals surface area contributed by atoms with Crippen LogP contribution in [-0.4, -0.2) is 9.78 Å². The van der Waals surface area contributed by atoms with Gasteiger partial charge in [0.05, 0.1) is 17.6 Å². The fourth-order valence-corrected chi connectivity index (χ4v) is 1.77. The first-order chi connectivity index (χ1) is 10.6. The topological polar surface area (TPSA) is 101 Å². The number of hydrogen-bond donors (Lipinski definition) is 1. The predicted octanol–water partition coefficient (Wildman–Crippen LogP) is 2.56. The zero-order chi connectivity index (χ0) is 16.1. The molecule has 2 rings (SSSR count). The Labute approximate surface area is 125 Å². The van der Waals surface area contributed by atoms with Crippen LogP contribution in [0.25, 0.3) is 5.69 Å². The van der Waals surface area contributed by atoms with E-state index in [1.165, 1.54) is 16.8 Å². The molecule has 0 spiro atoms. The molecule has 0 saturated carbocycles. The quantitative estimate of drug-likeness (QED) is 0.876. The van der Waals surface area contributed by atoms with Gasteiger partial charge in [-0.25, -0.2) is 9.07 Å². The lowest BCUT2D eigenvalue weighted by molar-refractivity contribution is 0.627. The van der Waals surface area contributed by atoms with E-state index in [0.717, 1.165) is 11.6 Å². The molecule has 1 aromatic carbocycles. The second kappa shape index (κ2) is 6.21. The summed E-state index contributed by atoms with van der Waals surface area (Å²) in [4.78, 5) is 0. The Hall–Kier alpha value is -3.63. The van der Waals surface area contributed by atoms with Crippen LogP contribution in [-0.2, 0) is 0 Å². The molecule has 0 unspecified atom stereocenters. The zero-order valence-corrected chi connectivity index (χ0v) is 11.5. The van der Waals surface area contributed by atoms with Crippen molar-refractivity contribution in [2.24, 2.45) is 0 Å². The van der Waals surface area contributed by atoms with Crippen molar-refractivity contribution in [3.05, 3.63) is 53.2 Å². The normalized spacial score (nSPS) is 9.23. The lowest BCUT2D eigenvalue weighted by Crippen LogP contribution is -2.06. The molecule has 0 fully saturated rings. The second-order valence-corrected chi connectivity index (χ2v) is 4.33. The van der Waals surface area contributed by atoms with Gasteiger partial charge in [-0.05, 0) is 30.7 Å². The minimum Gasteiger partial charge on any atom is -0.343 e. The van der Waals surface area contributed by atoms with Gasteiger partial charge in [-0.2, -0.15) is 20.9 Å². The Morgan fingerprint density at radius 3 is 2.50 bits per heavy atom. The van der Waals surface area contributed by atoms with Gasteiger partial charge in [0.15, 0.2) is 5.57 Å². The maximum absolute atomic E-state index is 13.5. The van der Waals surface area contributed by atoms with Crippen LogP contribution in [0.5, 0.6) is 0 Å². The third-order valence-corrected chi connectivity index (χ3v) is 2.76. The highest BCUT2D eigenvalue weighted by molar-refractivity contribution is 5.67. The van der Waals surface area contributed by atoms with Crippen LogP contribution < -0.4 is 5.32 Å². The van der Waals surface area contributed by atoms with Crippen molar-refractivity contribution in [1.29, 1.82) is 15.8 Å². The van der Waals surface area contributed by atoms with Crippen LogP contribution >= 0.6 is 0 Å². The van der Waals surface area contributed by atoms with Gasteiger partial charge in [-0.3, -0.25) is 0 Å². The van der Waals surface area contributed by atoms with Crippen LogP contribution in [0.3, 0.4) is 0 Å². The highest BCUT2D eigenvalue weighted by atomic mass is 19.1. The summed E-state index contributed by atoms with van der Waals surface area (Å²) in [5.41, 5.74) is 0.983. The maximum atomic E-state index is 13.5. The second-order valence-electron chi connectivity index (χ2n) is 4.33.